The topological polar surface area (TPSA) is 37.3 Å². The Morgan fingerprint density at radius 1 is 1.50 bits per heavy atom. The quantitative estimate of drug-likeness (QED) is 0.833. The molecule has 0 amide bonds. The molecule has 0 aliphatic carbocycles. The molecule has 0 saturated carbocycles. The van der Waals surface area contributed by atoms with Gasteiger partial charge in [0.15, 0.2) is 5.78 Å². The first kappa shape index (κ1) is 11.1. The van der Waals surface area contributed by atoms with Crippen LogP contribution in [0.25, 0.3) is 0 Å². The van der Waals surface area contributed by atoms with Crippen molar-refractivity contribution in [3.8, 4) is 5.75 Å². The van der Waals surface area contributed by atoms with Crippen molar-refractivity contribution in [2.24, 2.45) is 0 Å². The Morgan fingerprint density at radius 3 is 2.50 bits per heavy atom. The molecule has 2 nitrogen and oxygen atoms in total. The van der Waals surface area contributed by atoms with E-state index in [0.29, 0.717) is 0 Å². The molecule has 0 saturated heterocycles. The van der Waals surface area contributed by atoms with Crippen LogP contribution in [-0.4, -0.2) is 10.9 Å². The smallest absolute Gasteiger partial charge is 0.265 e. The van der Waals surface area contributed by atoms with Crippen molar-refractivity contribution in [2.45, 2.75) is 13.3 Å². The third kappa shape index (κ3) is 1.92. The lowest BCUT2D eigenvalue weighted by Gasteiger charge is -2.09. The second kappa shape index (κ2) is 4.04. The van der Waals surface area contributed by atoms with Gasteiger partial charge in [-0.2, -0.15) is 0 Å². The number of rotatable bonds is 2. The molecule has 14 heavy (non-hydrogen) atoms. The van der Waals surface area contributed by atoms with Crippen molar-refractivity contribution >= 4 is 21.7 Å². The maximum Gasteiger partial charge on any atom is 0.265 e. The summed E-state index contributed by atoms with van der Waals surface area (Å²) in [4.78, 5) is 11.0. The second-order valence-electron chi connectivity index (χ2n) is 2.72. The molecule has 0 heterocycles. The van der Waals surface area contributed by atoms with Crippen molar-refractivity contribution in [2.75, 3.05) is 0 Å². The zero-order valence-electron chi connectivity index (χ0n) is 7.22. The average molecular weight is 265 g/mol. The summed E-state index contributed by atoms with van der Waals surface area (Å²) in [7, 11) is 0. The summed E-state index contributed by atoms with van der Waals surface area (Å²) in [6.45, 7) is 1.20. The summed E-state index contributed by atoms with van der Waals surface area (Å²) in [6.07, 6.45) is -2.80. The Labute approximate surface area is 87.7 Å². The fourth-order valence-corrected chi connectivity index (χ4v) is 1.62. The van der Waals surface area contributed by atoms with E-state index in [2.05, 4.69) is 15.9 Å². The Kier molecular flexibility index (Phi) is 3.21. The highest BCUT2D eigenvalue weighted by molar-refractivity contribution is 9.10. The van der Waals surface area contributed by atoms with Gasteiger partial charge in [-0.15, -0.1) is 0 Å². The van der Waals surface area contributed by atoms with Gasteiger partial charge in [-0.1, -0.05) is 0 Å². The van der Waals surface area contributed by atoms with E-state index in [1.54, 1.807) is 0 Å². The lowest BCUT2D eigenvalue weighted by Crippen LogP contribution is -2.01. The number of Topliss-reactive ketones (excluding diaryl/α,β-unsaturated/α-hetero) is 1. The van der Waals surface area contributed by atoms with Gasteiger partial charge in [-0.3, -0.25) is 4.79 Å². The number of hydrogen-bond donors (Lipinski definition) is 1. The highest BCUT2D eigenvalue weighted by Gasteiger charge is 2.21. The summed E-state index contributed by atoms with van der Waals surface area (Å²) in [5, 5.41) is 9.16. The van der Waals surface area contributed by atoms with E-state index >= 15 is 0 Å². The van der Waals surface area contributed by atoms with E-state index in [4.69, 9.17) is 5.11 Å². The van der Waals surface area contributed by atoms with E-state index in [1.807, 2.05) is 0 Å². The lowest BCUT2D eigenvalue weighted by atomic mass is 10.0. The molecule has 0 aliphatic rings. The third-order valence-electron chi connectivity index (χ3n) is 1.76. The Bertz CT molecular complexity index is 377. The van der Waals surface area contributed by atoms with E-state index < -0.39 is 17.8 Å². The SMILES string of the molecule is CC(=O)c1ccc(O)c(Br)c1C(F)F. The third-order valence-corrected chi connectivity index (χ3v) is 2.59. The standard InChI is InChI=1S/C9H7BrF2O2/c1-4(13)5-2-3-6(14)8(10)7(5)9(11)12/h2-3,9,14H,1H3. The van der Waals surface area contributed by atoms with Gasteiger partial charge in [0.05, 0.1) is 4.47 Å². The molecule has 0 aliphatic heterocycles. The molecule has 0 spiro atoms. The van der Waals surface area contributed by atoms with Crippen LogP contribution in [0.15, 0.2) is 16.6 Å². The molecule has 0 radical (unpaired) electrons. The summed E-state index contributed by atoms with van der Waals surface area (Å²) >= 11 is 2.82. The molecule has 0 atom stereocenters. The van der Waals surface area contributed by atoms with Crippen LogP contribution in [0.3, 0.4) is 0 Å². The second-order valence-corrected chi connectivity index (χ2v) is 3.51. The van der Waals surface area contributed by atoms with Gasteiger partial charge in [0.1, 0.15) is 5.75 Å². The van der Waals surface area contributed by atoms with E-state index in [0.717, 1.165) is 0 Å². The molecule has 0 bridgehead atoms. The number of hydrogen-bond acceptors (Lipinski definition) is 2. The van der Waals surface area contributed by atoms with Crippen molar-refractivity contribution < 1.29 is 18.7 Å². The number of benzene rings is 1. The summed E-state index contributed by atoms with van der Waals surface area (Å²) in [5.74, 6) is -0.758. The zero-order chi connectivity index (χ0) is 10.9. The van der Waals surface area contributed by atoms with Gasteiger partial charge in [-0.05, 0) is 35.0 Å². The van der Waals surface area contributed by atoms with Crippen LogP contribution in [0.5, 0.6) is 5.75 Å². The monoisotopic (exact) mass is 264 g/mol. The van der Waals surface area contributed by atoms with Crippen LogP contribution in [0.2, 0.25) is 0 Å². The molecule has 5 heteroatoms. The fraction of sp³-hybridized carbons (Fsp3) is 0.222. The Morgan fingerprint density at radius 2 is 2.07 bits per heavy atom. The highest BCUT2D eigenvalue weighted by atomic mass is 79.9. The largest absolute Gasteiger partial charge is 0.507 e. The van der Waals surface area contributed by atoms with Crippen LogP contribution in [-0.2, 0) is 0 Å². The molecule has 1 aromatic rings. The van der Waals surface area contributed by atoms with Crippen LogP contribution >= 0.6 is 15.9 Å². The number of aromatic hydroxyl groups is 1. The number of carbonyl (C=O) groups excluding carboxylic acids is 1. The zero-order valence-corrected chi connectivity index (χ0v) is 8.81. The molecule has 0 aromatic heterocycles. The van der Waals surface area contributed by atoms with Crippen LogP contribution < -0.4 is 0 Å². The number of carbonyl (C=O) groups is 1. The maximum absolute atomic E-state index is 12.5. The molecular formula is C9H7BrF2O2. The van der Waals surface area contributed by atoms with Crippen molar-refractivity contribution in [3.63, 3.8) is 0 Å². The number of phenols is 1. The minimum atomic E-state index is -2.80. The van der Waals surface area contributed by atoms with E-state index in [1.165, 1.54) is 19.1 Å². The minimum Gasteiger partial charge on any atom is -0.507 e. The summed E-state index contributed by atoms with van der Waals surface area (Å²) in [6, 6.07) is 2.39. The Hall–Kier alpha value is -0.970. The number of alkyl halides is 2. The number of phenolic OH excluding ortho intramolecular Hbond substituents is 1. The predicted molar refractivity (Wildman–Crippen MR) is 50.8 cm³/mol. The number of halogens is 3. The molecule has 1 aromatic carbocycles. The van der Waals surface area contributed by atoms with Crippen molar-refractivity contribution in [1.82, 2.24) is 0 Å². The van der Waals surface area contributed by atoms with E-state index in [9.17, 15) is 13.6 Å². The van der Waals surface area contributed by atoms with Gasteiger partial charge in [-0.25, -0.2) is 8.78 Å². The molecule has 76 valence electrons. The van der Waals surface area contributed by atoms with Gasteiger partial charge in [0, 0.05) is 11.1 Å². The predicted octanol–water partition coefficient (Wildman–Crippen LogP) is 3.29. The summed E-state index contributed by atoms with van der Waals surface area (Å²) < 4.78 is 24.9. The average Bonchev–Trinajstić information content (AvgIpc) is 2.08. The van der Waals surface area contributed by atoms with Gasteiger partial charge >= 0.3 is 0 Å². The van der Waals surface area contributed by atoms with Crippen LogP contribution in [0.4, 0.5) is 8.78 Å². The lowest BCUT2D eigenvalue weighted by molar-refractivity contribution is 0.0998. The van der Waals surface area contributed by atoms with Crippen LogP contribution in [0, 0.1) is 0 Å². The first-order valence-electron chi connectivity index (χ1n) is 3.75. The summed E-state index contributed by atoms with van der Waals surface area (Å²) in [5.41, 5.74) is -0.540. The van der Waals surface area contributed by atoms with Crippen LogP contribution in [0.1, 0.15) is 29.3 Å². The normalized spacial score (nSPS) is 10.6. The van der Waals surface area contributed by atoms with Crippen molar-refractivity contribution in [3.05, 3.63) is 27.7 Å². The maximum atomic E-state index is 12.5. The molecule has 0 unspecified atom stereocenters. The highest BCUT2D eigenvalue weighted by Crippen LogP contribution is 2.36. The molecule has 0 fully saturated rings. The first-order chi connectivity index (χ1) is 6.45. The molecule has 1 rings (SSSR count). The molecule has 1 N–H and O–H groups in total. The fourth-order valence-electron chi connectivity index (χ4n) is 1.10. The van der Waals surface area contributed by atoms with Gasteiger partial charge < -0.3 is 5.11 Å². The number of ketones is 1. The van der Waals surface area contributed by atoms with Gasteiger partial charge in [0.25, 0.3) is 6.43 Å². The molecular weight excluding hydrogens is 258 g/mol. The Balaban J connectivity index is 3.45. The van der Waals surface area contributed by atoms with Crippen molar-refractivity contribution in [1.29, 1.82) is 0 Å². The van der Waals surface area contributed by atoms with E-state index in [-0.39, 0.29) is 15.8 Å². The van der Waals surface area contributed by atoms with Gasteiger partial charge in [0.2, 0.25) is 0 Å². The minimum absolute atomic E-state index is 0.0790. The first-order valence-corrected chi connectivity index (χ1v) is 4.55.